The lowest BCUT2D eigenvalue weighted by molar-refractivity contribution is -0.123. The fraction of sp³-hybridized carbons (Fsp3) is 0.227. The van der Waals surface area contributed by atoms with Crippen LogP contribution in [0.4, 0.5) is 14.5 Å². The molecule has 0 saturated carbocycles. The summed E-state index contributed by atoms with van der Waals surface area (Å²) in [7, 11) is 0. The summed E-state index contributed by atoms with van der Waals surface area (Å²) in [4.78, 5) is 30.1. The maximum atomic E-state index is 13.3. The number of halogens is 2. The molecule has 166 valence electrons. The van der Waals surface area contributed by atoms with Gasteiger partial charge in [0, 0.05) is 28.6 Å². The Morgan fingerprint density at radius 1 is 1.22 bits per heavy atom. The highest BCUT2D eigenvalue weighted by molar-refractivity contribution is 8.00. The topological polar surface area (TPSA) is 83.1 Å². The van der Waals surface area contributed by atoms with Crippen LogP contribution in [0.25, 0.3) is 10.6 Å². The highest BCUT2D eigenvalue weighted by Crippen LogP contribution is 2.34. The van der Waals surface area contributed by atoms with Crippen LogP contribution in [0.3, 0.4) is 0 Å². The molecule has 4 rings (SSSR count). The lowest BCUT2D eigenvalue weighted by atomic mass is 10.1. The minimum Gasteiger partial charge on any atom is -0.332 e. The third kappa shape index (κ3) is 5.50. The Kier molecular flexibility index (Phi) is 6.83. The number of thiazole rings is 1. The zero-order valence-corrected chi connectivity index (χ0v) is 18.7. The predicted molar refractivity (Wildman–Crippen MR) is 122 cm³/mol. The molecule has 1 fully saturated rings. The Labute approximate surface area is 191 Å². The van der Waals surface area contributed by atoms with E-state index in [2.05, 4.69) is 20.9 Å². The summed E-state index contributed by atoms with van der Waals surface area (Å²) < 4.78 is 26.6. The first-order chi connectivity index (χ1) is 15.4. The van der Waals surface area contributed by atoms with Gasteiger partial charge in [-0.15, -0.1) is 23.1 Å². The lowest BCUT2D eigenvalue weighted by Gasteiger charge is -2.30. The smallest absolute Gasteiger partial charge is 0.234 e. The maximum Gasteiger partial charge on any atom is 0.234 e. The number of amides is 2. The minimum atomic E-state index is -0.771. The summed E-state index contributed by atoms with van der Waals surface area (Å²) in [5.74, 6) is -2.12. The molecule has 3 aromatic rings. The van der Waals surface area contributed by atoms with Crippen LogP contribution in [0.5, 0.6) is 0 Å². The fourth-order valence-corrected chi connectivity index (χ4v) is 5.35. The first-order valence-electron chi connectivity index (χ1n) is 9.83. The standard InChI is InChI=1S/C22H20F2N4O2S2/c1-12-20(32-21(25-12)13-5-3-2-4-6-13)17-10-18(29)28-22(27-17)31-11-19(30)26-16-8-14(23)7-15(24)9-16/h2-9,17,22,27H,10-11H2,1H3,(H,26,30)(H,28,29). The molecule has 2 atom stereocenters. The lowest BCUT2D eigenvalue weighted by Crippen LogP contribution is -2.51. The van der Waals surface area contributed by atoms with E-state index < -0.39 is 23.0 Å². The van der Waals surface area contributed by atoms with E-state index in [0.717, 1.165) is 39.3 Å². The molecule has 1 aromatic heterocycles. The highest BCUT2D eigenvalue weighted by Gasteiger charge is 2.30. The van der Waals surface area contributed by atoms with E-state index in [-0.39, 0.29) is 29.8 Å². The molecule has 3 N–H and O–H groups in total. The molecular weight excluding hydrogens is 454 g/mol. The Morgan fingerprint density at radius 3 is 2.66 bits per heavy atom. The van der Waals surface area contributed by atoms with Gasteiger partial charge in [0.15, 0.2) is 0 Å². The summed E-state index contributed by atoms with van der Waals surface area (Å²) in [6, 6.07) is 12.4. The molecule has 0 spiro atoms. The number of carbonyl (C=O) groups is 2. The van der Waals surface area contributed by atoms with Crippen molar-refractivity contribution in [2.24, 2.45) is 0 Å². The molecule has 2 aromatic carbocycles. The molecule has 0 bridgehead atoms. The van der Waals surface area contributed by atoms with E-state index in [1.165, 1.54) is 23.1 Å². The van der Waals surface area contributed by atoms with Gasteiger partial charge in [0.05, 0.1) is 17.5 Å². The van der Waals surface area contributed by atoms with Gasteiger partial charge in [-0.25, -0.2) is 13.8 Å². The van der Waals surface area contributed by atoms with Crippen LogP contribution in [0.15, 0.2) is 48.5 Å². The van der Waals surface area contributed by atoms with Crippen LogP contribution in [-0.2, 0) is 9.59 Å². The fourth-order valence-electron chi connectivity index (χ4n) is 3.35. The second-order valence-electron chi connectivity index (χ2n) is 7.22. The van der Waals surface area contributed by atoms with E-state index >= 15 is 0 Å². The second kappa shape index (κ2) is 9.76. The van der Waals surface area contributed by atoms with Gasteiger partial charge in [-0.05, 0) is 19.1 Å². The van der Waals surface area contributed by atoms with Gasteiger partial charge in [0.25, 0.3) is 0 Å². The van der Waals surface area contributed by atoms with Crippen LogP contribution in [0.2, 0.25) is 0 Å². The quantitative estimate of drug-likeness (QED) is 0.499. The van der Waals surface area contributed by atoms with Gasteiger partial charge in [-0.2, -0.15) is 0 Å². The monoisotopic (exact) mass is 474 g/mol. The first-order valence-corrected chi connectivity index (χ1v) is 11.7. The van der Waals surface area contributed by atoms with Gasteiger partial charge < -0.3 is 10.6 Å². The van der Waals surface area contributed by atoms with Gasteiger partial charge in [-0.1, -0.05) is 30.3 Å². The summed E-state index contributed by atoms with van der Waals surface area (Å²) in [5, 5.41) is 9.50. The molecule has 6 nitrogen and oxygen atoms in total. The van der Waals surface area contributed by atoms with Gasteiger partial charge in [0.2, 0.25) is 11.8 Å². The first kappa shape index (κ1) is 22.4. The molecule has 2 amide bonds. The Hall–Kier alpha value is -2.82. The summed E-state index contributed by atoms with van der Waals surface area (Å²) in [6.45, 7) is 1.92. The maximum absolute atomic E-state index is 13.3. The number of carbonyl (C=O) groups excluding carboxylic acids is 2. The SMILES string of the molecule is Cc1nc(-c2ccccc2)sc1C1CC(=O)NC(SCC(=O)Nc2cc(F)cc(F)c2)N1. The van der Waals surface area contributed by atoms with Crippen molar-refractivity contribution < 1.29 is 18.4 Å². The number of hydrogen-bond acceptors (Lipinski definition) is 6. The number of anilines is 1. The van der Waals surface area contributed by atoms with E-state index in [4.69, 9.17) is 0 Å². The van der Waals surface area contributed by atoms with E-state index in [9.17, 15) is 18.4 Å². The summed E-state index contributed by atoms with van der Waals surface area (Å²) >= 11 is 2.72. The normalized spacial score (nSPS) is 18.3. The number of aryl methyl sites for hydroxylation is 1. The zero-order chi connectivity index (χ0) is 22.7. The van der Waals surface area contributed by atoms with Gasteiger partial charge in [0.1, 0.15) is 22.1 Å². The molecule has 10 heteroatoms. The van der Waals surface area contributed by atoms with Crippen molar-refractivity contribution in [3.8, 4) is 10.6 Å². The Balaban J connectivity index is 1.39. The Morgan fingerprint density at radius 2 is 1.94 bits per heavy atom. The third-order valence-corrected chi connectivity index (χ3v) is 7.07. The molecule has 2 heterocycles. The highest BCUT2D eigenvalue weighted by atomic mass is 32.2. The number of nitrogens with zero attached hydrogens (tertiary/aromatic N) is 1. The zero-order valence-electron chi connectivity index (χ0n) is 17.0. The van der Waals surface area contributed by atoms with Gasteiger partial charge in [-0.3, -0.25) is 14.9 Å². The third-order valence-electron chi connectivity index (χ3n) is 4.73. The molecule has 32 heavy (non-hydrogen) atoms. The minimum absolute atomic E-state index is 0.0141. The summed E-state index contributed by atoms with van der Waals surface area (Å²) in [5.41, 5.74) is 1.43. The van der Waals surface area contributed by atoms with E-state index in [1.807, 2.05) is 37.3 Å². The van der Waals surface area contributed by atoms with Crippen molar-refractivity contribution in [1.82, 2.24) is 15.6 Å². The van der Waals surface area contributed by atoms with Crippen LogP contribution in [0, 0.1) is 18.6 Å². The number of nitrogens with one attached hydrogen (secondary N) is 3. The van der Waals surface area contributed by atoms with Crippen molar-refractivity contribution in [2.45, 2.75) is 24.9 Å². The van der Waals surface area contributed by atoms with Crippen molar-refractivity contribution in [2.75, 3.05) is 11.1 Å². The molecule has 0 radical (unpaired) electrons. The number of hydrogen-bond donors (Lipinski definition) is 3. The largest absolute Gasteiger partial charge is 0.332 e. The van der Waals surface area contributed by atoms with Crippen LogP contribution < -0.4 is 16.0 Å². The molecule has 2 unspecified atom stereocenters. The average molecular weight is 475 g/mol. The molecule has 0 aliphatic carbocycles. The number of benzene rings is 2. The summed E-state index contributed by atoms with van der Waals surface area (Å²) in [6.07, 6.45) is 0.267. The van der Waals surface area contributed by atoms with Crippen LogP contribution in [0.1, 0.15) is 23.0 Å². The molecule has 1 aliphatic heterocycles. The predicted octanol–water partition coefficient (Wildman–Crippen LogP) is 4.20. The number of aromatic nitrogens is 1. The molecule has 1 aliphatic rings. The van der Waals surface area contributed by atoms with E-state index in [0.29, 0.717) is 0 Å². The molecule has 1 saturated heterocycles. The van der Waals surface area contributed by atoms with Crippen molar-refractivity contribution in [3.63, 3.8) is 0 Å². The van der Waals surface area contributed by atoms with Gasteiger partial charge >= 0.3 is 0 Å². The van der Waals surface area contributed by atoms with Crippen molar-refractivity contribution >= 4 is 40.6 Å². The van der Waals surface area contributed by atoms with Crippen LogP contribution >= 0.6 is 23.1 Å². The second-order valence-corrected chi connectivity index (χ2v) is 9.35. The average Bonchev–Trinajstić information content (AvgIpc) is 3.13. The Bertz CT molecular complexity index is 1120. The van der Waals surface area contributed by atoms with Crippen molar-refractivity contribution in [3.05, 3.63) is 70.7 Å². The number of rotatable bonds is 6. The van der Waals surface area contributed by atoms with Crippen LogP contribution in [-0.4, -0.2) is 28.0 Å². The number of thioether (sulfide) groups is 1. The van der Waals surface area contributed by atoms with E-state index in [1.54, 1.807) is 0 Å². The molecular formula is C22H20F2N4O2S2. The van der Waals surface area contributed by atoms with Crippen molar-refractivity contribution in [1.29, 1.82) is 0 Å².